The topological polar surface area (TPSA) is 109 Å². The number of nitrogens with one attached hydrogen (secondary N) is 1. The fourth-order valence-corrected chi connectivity index (χ4v) is 4.85. The summed E-state index contributed by atoms with van der Waals surface area (Å²) in [7, 11) is 2.69. The van der Waals surface area contributed by atoms with Crippen LogP contribution in [0.5, 0.6) is 5.75 Å². The van der Waals surface area contributed by atoms with Crippen LogP contribution in [0, 0.1) is 0 Å². The zero-order valence-corrected chi connectivity index (χ0v) is 19.5. The Morgan fingerprint density at radius 2 is 1.94 bits per heavy atom. The van der Waals surface area contributed by atoms with Crippen molar-refractivity contribution in [3.05, 3.63) is 35.7 Å². The minimum atomic E-state index is 0.180. The highest BCUT2D eigenvalue weighted by atomic mass is 16.5. The van der Waals surface area contributed by atoms with E-state index in [-0.39, 0.29) is 6.61 Å². The molecule has 0 radical (unpaired) electrons. The molecule has 3 heterocycles. The van der Waals surface area contributed by atoms with E-state index in [4.69, 9.17) is 14.8 Å². The van der Waals surface area contributed by atoms with E-state index >= 15 is 0 Å². The highest BCUT2D eigenvalue weighted by Gasteiger charge is 2.21. The molecule has 3 N–H and O–H groups in total. The minimum Gasteiger partial charge on any atom is -0.495 e. The normalized spacial score (nSPS) is 16.7. The van der Waals surface area contributed by atoms with Crippen LogP contribution in [0.4, 0.5) is 11.6 Å². The van der Waals surface area contributed by atoms with E-state index in [0.29, 0.717) is 18.5 Å². The lowest BCUT2D eigenvalue weighted by Crippen LogP contribution is -2.32. The average molecular weight is 455 g/mol. The maximum absolute atomic E-state index is 9.29. The Bertz CT molecular complexity index is 1060. The SMILES string of the molecule is CO.COc1cc2c(cc1Nc1ncc3cnn(C4CCCCC4)c3n1)CN(CCO)CC2. The maximum atomic E-state index is 9.29. The lowest BCUT2D eigenvalue weighted by Gasteiger charge is -2.29. The molecule has 0 saturated heterocycles. The Kier molecular flexibility index (Phi) is 7.74. The first-order valence-corrected chi connectivity index (χ1v) is 11.7. The number of fused-ring (bicyclic) bond motifs is 2. The van der Waals surface area contributed by atoms with Crippen LogP contribution < -0.4 is 10.1 Å². The number of methoxy groups -OCH3 is 1. The third-order valence-corrected chi connectivity index (χ3v) is 6.53. The molecule has 0 atom stereocenters. The van der Waals surface area contributed by atoms with Crippen molar-refractivity contribution in [2.75, 3.05) is 39.2 Å². The van der Waals surface area contributed by atoms with Gasteiger partial charge in [0.05, 0.1) is 37.0 Å². The van der Waals surface area contributed by atoms with Gasteiger partial charge in [0, 0.05) is 32.9 Å². The molecule has 9 heteroatoms. The van der Waals surface area contributed by atoms with Crippen molar-refractivity contribution < 1.29 is 14.9 Å². The first kappa shape index (κ1) is 23.4. The largest absolute Gasteiger partial charge is 0.495 e. The molecule has 0 bridgehead atoms. The molecule has 0 amide bonds. The summed E-state index contributed by atoms with van der Waals surface area (Å²) in [5, 5.41) is 25.2. The van der Waals surface area contributed by atoms with Crippen molar-refractivity contribution in [1.29, 1.82) is 0 Å². The molecule has 1 aliphatic carbocycles. The summed E-state index contributed by atoms with van der Waals surface area (Å²) < 4.78 is 7.74. The number of aliphatic hydroxyl groups excluding tert-OH is 2. The van der Waals surface area contributed by atoms with Crippen LogP contribution in [0.25, 0.3) is 11.0 Å². The van der Waals surface area contributed by atoms with Gasteiger partial charge in [0.1, 0.15) is 5.75 Å². The molecule has 3 aromatic rings. The van der Waals surface area contributed by atoms with Gasteiger partial charge in [0.2, 0.25) is 5.95 Å². The molecule has 2 aliphatic rings. The molecule has 2 aromatic heterocycles. The van der Waals surface area contributed by atoms with E-state index in [9.17, 15) is 5.11 Å². The van der Waals surface area contributed by atoms with Crippen LogP contribution in [0.15, 0.2) is 24.5 Å². The highest BCUT2D eigenvalue weighted by Crippen LogP contribution is 2.34. The van der Waals surface area contributed by atoms with E-state index in [1.54, 1.807) is 7.11 Å². The molecular weight excluding hydrogens is 420 g/mol. The van der Waals surface area contributed by atoms with E-state index in [1.807, 2.05) is 12.4 Å². The van der Waals surface area contributed by atoms with E-state index < -0.39 is 0 Å². The van der Waals surface area contributed by atoms with Gasteiger partial charge >= 0.3 is 0 Å². The zero-order chi connectivity index (χ0) is 23.2. The third kappa shape index (κ3) is 5.10. The van der Waals surface area contributed by atoms with Gasteiger partial charge in [-0.05, 0) is 42.5 Å². The summed E-state index contributed by atoms with van der Waals surface area (Å²) in [6, 6.07) is 4.66. The lowest BCUT2D eigenvalue weighted by molar-refractivity contribution is 0.184. The minimum absolute atomic E-state index is 0.180. The number of anilines is 2. The number of nitrogens with zero attached hydrogens (tertiary/aromatic N) is 5. The van der Waals surface area contributed by atoms with Crippen LogP contribution in [-0.2, 0) is 13.0 Å². The van der Waals surface area contributed by atoms with Gasteiger partial charge in [-0.25, -0.2) is 9.67 Å². The van der Waals surface area contributed by atoms with Crippen molar-refractivity contribution >= 4 is 22.7 Å². The number of rotatable bonds is 6. The fraction of sp³-hybridized carbons (Fsp3) is 0.542. The first-order valence-electron chi connectivity index (χ1n) is 11.7. The standard InChI is InChI=1S/C23H30N6O2.CH4O/c1-31-21-12-16-7-8-28(9-10-30)15-17(16)11-20(21)26-23-24-13-18-14-25-29(22(18)27-23)19-5-3-2-4-6-19;1-2/h11-14,19,30H,2-10,15H2,1H3,(H,24,26,27);2H,1H3. The summed E-state index contributed by atoms with van der Waals surface area (Å²) in [5.41, 5.74) is 4.28. The maximum Gasteiger partial charge on any atom is 0.229 e. The quantitative estimate of drug-likeness (QED) is 0.522. The Hall–Kier alpha value is -2.75. The summed E-state index contributed by atoms with van der Waals surface area (Å²) in [5.74, 6) is 1.34. The number of benzene rings is 1. The van der Waals surface area contributed by atoms with Crippen molar-refractivity contribution in [1.82, 2.24) is 24.6 Å². The van der Waals surface area contributed by atoms with Crippen LogP contribution in [0.1, 0.15) is 49.3 Å². The second-order valence-electron chi connectivity index (χ2n) is 8.55. The van der Waals surface area contributed by atoms with E-state index in [0.717, 1.165) is 61.9 Å². The second-order valence-corrected chi connectivity index (χ2v) is 8.55. The van der Waals surface area contributed by atoms with Crippen LogP contribution in [-0.4, -0.2) is 68.8 Å². The van der Waals surface area contributed by atoms with Crippen LogP contribution in [0.3, 0.4) is 0 Å². The predicted octanol–water partition coefficient (Wildman–Crippen LogP) is 3.04. The molecule has 0 spiro atoms. The Morgan fingerprint density at radius 3 is 2.70 bits per heavy atom. The van der Waals surface area contributed by atoms with Crippen molar-refractivity contribution in [3.8, 4) is 5.75 Å². The highest BCUT2D eigenvalue weighted by molar-refractivity contribution is 5.76. The number of hydrogen-bond acceptors (Lipinski definition) is 8. The molecule has 0 unspecified atom stereocenters. The van der Waals surface area contributed by atoms with Gasteiger partial charge in [-0.2, -0.15) is 10.1 Å². The van der Waals surface area contributed by atoms with Crippen LogP contribution in [0.2, 0.25) is 0 Å². The summed E-state index contributed by atoms with van der Waals surface area (Å²) >= 11 is 0. The molecule has 9 nitrogen and oxygen atoms in total. The van der Waals surface area contributed by atoms with E-state index in [1.165, 1.54) is 30.4 Å². The van der Waals surface area contributed by atoms with Crippen molar-refractivity contribution in [2.24, 2.45) is 0 Å². The van der Waals surface area contributed by atoms with Crippen molar-refractivity contribution in [3.63, 3.8) is 0 Å². The second kappa shape index (κ2) is 10.9. The Balaban J connectivity index is 0.00000126. The summed E-state index contributed by atoms with van der Waals surface area (Å²) in [4.78, 5) is 11.6. The monoisotopic (exact) mass is 454 g/mol. The smallest absolute Gasteiger partial charge is 0.229 e. The molecule has 1 fully saturated rings. The van der Waals surface area contributed by atoms with Gasteiger partial charge in [-0.3, -0.25) is 4.90 Å². The molecule has 1 saturated carbocycles. The lowest BCUT2D eigenvalue weighted by atomic mass is 9.96. The number of aromatic nitrogens is 4. The number of ether oxygens (including phenoxy) is 1. The molecular formula is C24H34N6O3. The molecule has 178 valence electrons. The zero-order valence-electron chi connectivity index (χ0n) is 19.5. The van der Waals surface area contributed by atoms with E-state index in [2.05, 4.69) is 37.1 Å². The summed E-state index contributed by atoms with van der Waals surface area (Å²) in [6.45, 7) is 2.65. The molecule has 1 aliphatic heterocycles. The molecule has 33 heavy (non-hydrogen) atoms. The van der Waals surface area contributed by atoms with Gasteiger partial charge < -0.3 is 20.3 Å². The first-order chi connectivity index (χ1) is 16.2. The fourth-order valence-electron chi connectivity index (χ4n) is 4.85. The van der Waals surface area contributed by atoms with Crippen molar-refractivity contribution in [2.45, 2.75) is 51.1 Å². The van der Waals surface area contributed by atoms with Gasteiger partial charge in [0.25, 0.3) is 0 Å². The number of β-amino-alcohol motifs (C(OH)–C–C–N with tert-alkyl or cyclic N) is 1. The number of aliphatic hydroxyl groups is 2. The molecule has 5 rings (SSSR count). The predicted molar refractivity (Wildman–Crippen MR) is 128 cm³/mol. The van der Waals surface area contributed by atoms with Gasteiger partial charge in [0.15, 0.2) is 5.65 Å². The summed E-state index contributed by atoms with van der Waals surface area (Å²) in [6.07, 6.45) is 10.8. The van der Waals surface area contributed by atoms with Crippen LogP contribution >= 0.6 is 0 Å². The third-order valence-electron chi connectivity index (χ3n) is 6.53. The van der Waals surface area contributed by atoms with Gasteiger partial charge in [-0.15, -0.1) is 0 Å². The van der Waals surface area contributed by atoms with Gasteiger partial charge in [-0.1, -0.05) is 19.3 Å². The Labute approximate surface area is 194 Å². The number of hydrogen-bond donors (Lipinski definition) is 3. The molecule has 1 aromatic carbocycles. The Morgan fingerprint density at radius 1 is 1.12 bits per heavy atom. The average Bonchev–Trinajstić information content (AvgIpc) is 3.29.